The van der Waals surface area contributed by atoms with E-state index in [0.29, 0.717) is 6.54 Å². The fraction of sp³-hybridized carbons (Fsp3) is 0.100. The van der Waals surface area contributed by atoms with E-state index in [-0.39, 0.29) is 0 Å². The van der Waals surface area contributed by atoms with Gasteiger partial charge < -0.3 is 5.73 Å². The van der Waals surface area contributed by atoms with Crippen LogP contribution in [0.4, 0.5) is 0 Å². The van der Waals surface area contributed by atoms with Gasteiger partial charge in [-0.2, -0.15) is 5.10 Å². The van der Waals surface area contributed by atoms with Crippen LogP contribution in [0.3, 0.4) is 0 Å². The maximum Gasteiger partial charge on any atom is 0.155 e. The van der Waals surface area contributed by atoms with Crippen molar-refractivity contribution < 1.29 is 0 Å². The van der Waals surface area contributed by atoms with Gasteiger partial charge in [-0.15, -0.1) is 0 Å². The zero-order valence-corrected chi connectivity index (χ0v) is 8.17. The van der Waals surface area contributed by atoms with Gasteiger partial charge in [0.1, 0.15) is 12.7 Å². The second-order valence-electron chi connectivity index (χ2n) is 3.05. The van der Waals surface area contributed by atoms with E-state index in [0.717, 1.165) is 17.0 Å². The predicted molar refractivity (Wildman–Crippen MR) is 57.2 cm³/mol. The molecule has 0 aromatic carbocycles. The van der Waals surface area contributed by atoms with Gasteiger partial charge in [-0.1, -0.05) is 6.58 Å². The summed E-state index contributed by atoms with van der Waals surface area (Å²) in [5, 5.41) is 3.98. The lowest BCUT2D eigenvalue weighted by molar-refractivity contribution is 0.844. The van der Waals surface area contributed by atoms with Gasteiger partial charge in [-0.05, 0) is 23.3 Å². The summed E-state index contributed by atoms with van der Waals surface area (Å²) in [5.41, 5.74) is 7.30. The number of aromatic nitrogens is 4. The summed E-state index contributed by atoms with van der Waals surface area (Å²) in [6, 6.07) is 3.77. The fourth-order valence-corrected chi connectivity index (χ4v) is 1.18. The van der Waals surface area contributed by atoms with Gasteiger partial charge in [0.25, 0.3) is 0 Å². The highest BCUT2D eigenvalue weighted by Crippen LogP contribution is 2.10. The van der Waals surface area contributed by atoms with Crippen LogP contribution in [0.5, 0.6) is 0 Å². The molecule has 0 saturated heterocycles. The minimum Gasteiger partial charge on any atom is -0.326 e. The summed E-state index contributed by atoms with van der Waals surface area (Å²) in [4.78, 5) is 8.08. The van der Waals surface area contributed by atoms with Gasteiger partial charge in [-0.3, -0.25) is 0 Å². The minimum absolute atomic E-state index is 0.435. The molecule has 0 fully saturated rings. The Morgan fingerprint density at radius 3 is 2.87 bits per heavy atom. The molecular weight excluding hydrogens is 190 g/mol. The average molecular weight is 201 g/mol. The first-order valence-corrected chi connectivity index (χ1v) is 4.50. The van der Waals surface area contributed by atoms with Crippen LogP contribution in [0.1, 0.15) is 5.56 Å². The summed E-state index contributed by atoms with van der Waals surface area (Å²) in [5.74, 6) is 0.723. The van der Waals surface area contributed by atoms with E-state index < -0.39 is 0 Å². The van der Waals surface area contributed by atoms with Crippen LogP contribution in [0, 0.1) is 0 Å². The van der Waals surface area contributed by atoms with E-state index in [1.54, 1.807) is 17.2 Å². The molecule has 15 heavy (non-hydrogen) atoms. The van der Waals surface area contributed by atoms with Crippen LogP contribution in [0.25, 0.3) is 11.4 Å². The Hall–Kier alpha value is -2.01. The van der Waals surface area contributed by atoms with Gasteiger partial charge in [-0.25, -0.2) is 14.6 Å². The molecule has 0 aliphatic heterocycles. The molecule has 0 spiro atoms. The average Bonchev–Trinajstić information content (AvgIpc) is 2.82. The van der Waals surface area contributed by atoms with Crippen LogP contribution in [0.2, 0.25) is 0 Å². The maximum atomic E-state index is 5.48. The van der Waals surface area contributed by atoms with Gasteiger partial charge in [0.2, 0.25) is 0 Å². The number of pyridine rings is 1. The molecule has 2 aromatic rings. The van der Waals surface area contributed by atoms with Crippen molar-refractivity contribution in [2.45, 2.75) is 0 Å². The fourth-order valence-electron chi connectivity index (χ4n) is 1.18. The summed E-state index contributed by atoms with van der Waals surface area (Å²) >= 11 is 0. The molecule has 0 radical (unpaired) electrons. The third-order valence-electron chi connectivity index (χ3n) is 2.06. The standard InChI is InChI=1S/C10H11N5/c1-8(4-11)9-2-3-10(13-5-9)15-7-12-6-14-15/h2-3,5-7H,1,4,11H2. The molecule has 2 heterocycles. The molecule has 2 rings (SSSR count). The lowest BCUT2D eigenvalue weighted by atomic mass is 10.1. The van der Waals surface area contributed by atoms with Crippen molar-refractivity contribution >= 4 is 5.57 Å². The Kier molecular flexibility index (Phi) is 2.55. The lowest BCUT2D eigenvalue weighted by Gasteiger charge is -2.03. The number of rotatable bonds is 3. The van der Waals surface area contributed by atoms with Crippen molar-refractivity contribution in [2.75, 3.05) is 6.54 Å². The lowest BCUT2D eigenvalue weighted by Crippen LogP contribution is -2.03. The Labute approximate surface area is 87.3 Å². The van der Waals surface area contributed by atoms with Gasteiger partial charge in [0.05, 0.1) is 0 Å². The number of hydrogen-bond donors (Lipinski definition) is 1. The maximum absolute atomic E-state index is 5.48. The highest BCUT2D eigenvalue weighted by atomic mass is 15.3. The molecule has 5 nitrogen and oxygen atoms in total. The molecule has 76 valence electrons. The van der Waals surface area contributed by atoms with Gasteiger partial charge in [0, 0.05) is 12.7 Å². The van der Waals surface area contributed by atoms with E-state index in [2.05, 4.69) is 21.6 Å². The minimum atomic E-state index is 0.435. The normalized spacial score (nSPS) is 10.2. The molecule has 0 saturated carbocycles. The zero-order valence-electron chi connectivity index (χ0n) is 8.17. The first-order chi connectivity index (χ1) is 7.31. The van der Waals surface area contributed by atoms with Crippen molar-refractivity contribution in [2.24, 2.45) is 5.73 Å². The van der Waals surface area contributed by atoms with E-state index in [4.69, 9.17) is 5.73 Å². The van der Waals surface area contributed by atoms with E-state index in [1.807, 2.05) is 12.1 Å². The van der Waals surface area contributed by atoms with Gasteiger partial charge >= 0.3 is 0 Å². The molecule has 0 unspecified atom stereocenters. The monoisotopic (exact) mass is 201 g/mol. The third-order valence-corrected chi connectivity index (χ3v) is 2.06. The molecule has 2 aromatic heterocycles. The largest absolute Gasteiger partial charge is 0.326 e. The summed E-state index contributed by atoms with van der Waals surface area (Å²) in [7, 11) is 0. The first kappa shape index (κ1) is 9.54. The van der Waals surface area contributed by atoms with Crippen molar-refractivity contribution in [3.63, 3.8) is 0 Å². The Balaban J connectivity index is 2.29. The SMILES string of the molecule is C=C(CN)c1ccc(-n2cncn2)nc1. The predicted octanol–water partition coefficient (Wildman–Crippen LogP) is 0.634. The summed E-state index contributed by atoms with van der Waals surface area (Å²) in [6.45, 7) is 4.27. The zero-order chi connectivity index (χ0) is 10.7. The van der Waals surface area contributed by atoms with E-state index in [1.165, 1.54) is 6.33 Å². The topological polar surface area (TPSA) is 69.6 Å². The molecule has 0 atom stereocenters. The molecular formula is C10H11N5. The molecule has 0 bridgehead atoms. The molecule has 0 aliphatic rings. The highest BCUT2D eigenvalue weighted by Gasteiger charge is 2.00. The molecule has 0 aliphatic carbocycles. The Morgan fingerprint density at radius 2 is 2.33 bits per heavy atom. The van der Waals surface area contributed by atoms with Gasteiger partial charge in [0.15, 0.2) is 5.82 Å². The summed E-state index contributed by atoms with van der Waals surface area (Å²) in [6.07, 6.45) is 4.79. The van der Waals surface area contributed by atoms with Crippen LogP contribution >= 0.6 is 0 Å². The Bertz CT molecular complexity index is 443. The Morgan fingerprint density at radius 1 is 1.47 bits per heavy atom. The van der Waals surface area contributed by atoms with Crippen molar-refractivity contribution in [3.8, 4) is 5.82 Å². The number of nitrogens with two attached hydrogens (primary N) is 1. The van der Waals surface area contributed by atoms with Crippen LogP contribution < -0.4 is 5.73 Å². The third kappa shape index (κ3) is 1.92. The second-order valence-corrected chi connectivity index (χ2v) is 3.05. The second kappa shape index (κ2) is 4.02. The molecule has 5 heteroatoms. The number of nitrogens with zero attached hydrogens (tertiary/aromatic N) is 4. The van der Waals surface area contributed by atoms with Crippen molar-refractivity contribution in [1.82, 2.24) is 19.7 Å². The molecule has 2 N–H and O–H groups in total. The van der Waals surface area contributed by atoms with Crippen molar-refractivity contribution in [3.05, 3.63) is 43.1 Å². The number of hydrogen-bond acceptors (Lipinski definition) is 4. The van der Waals surface area contributed by atoms with Crippen LogP contribution in [0.15, 0.2) is 37.6 Å². The highest BCUT2D eigenvalue weighted by molar-refractivity contribution is 5.64. The van der Waals surface area contributed by atoms with E-state index in [9.17, 15) is 0 Å². The van der Waals surface area contributed by atoms with Crippen LogP contribution in [-0.2, 0) is 0 Å². The summed E-state index contributed by atoms with van der Waals surface area (Å²) < 4.78 is 1.59. The first-order valence-electron chi connectivity index (χ1n) is 4.50. The van der Waals surface area contributed by atoms with Crippen LogP contribution in [-0.4, -0.2) is 26.3 Å². The molecule has 0 amide bonds. The quantitative estimate of drug-likeness (QED) is 0.790. The smallest absolute Gasteiger partial charge is 0.155 e. The van der Waals surface area contributed by atoms with Crippen molar-refractivity contribution in [1.29, 1.82) is 0 Å². The van der Waals surface area contributed by atoms with E-state index >= 15 is 0 Å².